The molecule has 1 heterocycles. The molecule has 296 valence electrons. The van der Waals surface area contributed by atoms with Gasteiger partial charge in [0, 0.05) is 38.7 Å². The van der Waals surface area contributed by atoms with Crippen molar-refractivity contribution in [2.75, 3.05) is 4.90 Å². The van der Waals surface area contributed by atoms with E-state index in [1.54, 1.807) is 0 Å². The Morgan fingerprint density at radius 2 is 0.919 bits per heavy atom. The predicted octanol–water partition coefficient (Wildman–Crippen LogP) is 17.0. The van der Waals surface area contributed by atoms with Crippen LogP contribution in [0.4, 0.5) is 17.1 Å². The molecule has 1 saturated carbocycles. The van der Waals surface area contributed by atoms with Gasteiger partial charge in [0.05, 0.1) is 5.69 Å². The van der Waals surface area contributed by atoms with Gasteiger partial charge in [0.15, 0.2) is 0 Å². The summed E-state index contributed by atoms with van der Waals surface area (Å²) in [5, 5.41) is 2.27. The summed E-state index contributed by atoms with van der Waals surface area (Å²) in [6.45, 7) is 0. The summed E-state index contributed by atoms with van der Waals surface area (Å²) in [6, 6.07) is 77.9. The summed E-state index contributed by atoms with van der Waals surface area (Å²) in [4.78, 5) is 2.49. The van der Waals surface area contributed by atoms with Gasteiger partial charge in [-0.2, -0.15) is 0 Å². The van der Waals surface area contributed by atoms with Gasteiger partial charge in [-0.25, -0.2) is 0 Å². The highest BCUT2D eigenvalue weighted by Gasteiger charge is 2.43. The van der Waals surface area contributed by atoms with E-state index < -0.39 is 0 Å². The van der Waals surface area contributed by atoms with Gasteiger partial charge in [-0.3, -0.25) is 0 Å². The normalized spacial score (nSPS) is 13.9. The van der Waals surface area contributed by atoms with Crippen LogP contribution in [0.3, 0.4) is 0 Å². The second kappa shape index (κ2) is 14.9. The van der Waals surface area contributed by atoms with E-state index >= 15 is 0 Å². The predicted molar refractivity (Wildman–Crippen MR) is 259 cm³/mol. The summed E-state index contributed by atoms with van der Waals surface area (Å²) in [5.41, 5.74) is 20.4. The SMILES string of the molecule is c1ccc(-c2ccccc2-c2ccccc2-c2ccccc2N(c2cccc(-c3cccc4c3oc3ccccc34)c2)c2ccc3c(c2)-c2ccccc2C32CCCCC2)cc1. The molecule has 2 nitrogen and oxygen atoms in total. The first-order valence-electron chi connectivity index (χ1n) is 22.1. The number of hydrogen-bond donors (Lipinski definition) is 0. The van der Waals surface area contributed by atoms with Crippen LogP contribution in [0.25, 0.3) is 77.6 Å². The topological polar surface area (TPSA) is 16.4 Å². The molecule has 2 heteroatoms. The molecule has 2 aliphatic carbocycles. The highest BCUT2D eigenvalue weighted by molar-refractivity contribution is 6.10. The summed E-state index contributed by atoms with van der Waals surface area (Å²) >= 11 is 0. The summed E-state index contributed by atoms with van der Waals surface area (Å²) in [5.74, 6) is 0. The monoisotopic (exact) mass is 795 g/mol. The highest BCUT2D eigenvalue weighted by atomic mass is 16.3. The molecule has 1 fully saturated rings. The Morgan fingerprint density at radius 1 is 0.355 bits per heavy atom. The number of fused-ring (bicyclic) bond motifs is 8. The zero-order valence-electron chi connectivity index (χ0n) is 34.6. The molecule has 0 unspecified atom stereocenters. The fraction of sp³-hybridized carbons (Fsp3) is 0.100. The molecule has 1 spiro atoms. The average Bonchev–Trinajstić information content (AvgIpc) is 3.85. The third-order valence-electron chi connectivity index (χ3n) is 13.7. The molecule has 0 bridgehead atoms. The zero-order chi connectivity index (χ0) is 41.0. The molecule has 0 atom stereocenters. The number of furan rings is 1. The molecule has 0 N–H and O–H groups in total. The maximum absolute atomic E-state index is 6.61. The zero-order valence-corrected chi connectivity index (χ0v) is 34.6. The van der Waals surface area contributed by atoms with E-state index in [9.17, 15) is 0 Å². The summed E-state index contributed by atoms with van der Waals surface area (Å²) in [7, 11) is 0. The number of anilines is 3. The van der Waals surface area contributed by atoms with E-state index in [-0.39, 0.29) is 5.41 Å². The quantitative estimate of drug-likeness (QED) is 0.160. The minimum absolute atomic E-state index is 0.0850. The van der Waals surface area contributed by atoms with Crippen LogP contribution < -0.4 is 4.90 Å². The van der Waals surface area contributed by atoms with Gasteiger partial charge in [-0.1, -0.05) is 195 Å². The van der Waals surface area contributed by atoms with Crippen molar-refractivity contribution in [2.24, 2.45) is 0 Å². The van der Waals surface area contributed by atoms with Gasteiger partial charge in [0.1, 0.15) is 11.2 Å². The van der Waals surface area contributed by atoms with Gasteiger partial charge in [0.2, 0.25) is 0 Å². The fourth-order valence-corrected chi connectivity index (χ4v) is 10.9. The van der Waals surface area contributed by atoms with Crippen LogP contribution >= 0.6 is 0 Å². The van der Waals surface area contributed by atoms with Gasteiger partial charge >= 0.3 is 0 Å². The molecule has 2 aliphatic rings. The van der Waals surface area contributed by atoms with Gasteiger partial charge in [-0.05, 0) is 105 Å². The van der Waals surface area contributed by atoms with E-state index in [1.165, 1.54) is 87.7 Å². The van der Waals surface area contributed by atoms with E-state index in [4.69, 9.17) is 4.42 Å². The third-order valence-corrected chi connectivity index (χ3v) is 13.7. The van der Waals surface area contributed by atoms with E-state index in [0.29, 0.717) is 0 Å². The lowest BCUT2D eigenvalue weighted by atomic mass is 9.68. The lowest BCUT2D eigenvalue weighted by Crippen LogP contribution is -2.28. The number of rotatable bonds is 7. The van der Waals surface area contributed by atoms with Crippen LogP contribution in [0.2, 0.25) is 0 Å². The minimum atomic E-state index is 0.0850. The van der Waals surface area contributed by atoms with Crippen LogP contribution in [-0.2, 0) is 5.41 Å². The van der Waals surface area contributed by atoms with Gasteiger partial charge < -0.3 is 9.32 Å². The van der Waals surface area contributed by atoms with Crippen LogP contribution in [0, 0.1) is 0 Å². The molecule has 12 rings (SSSR count). The first-order chi connectivity index (χ1) is 30.7. The molecule has 0 radical (unpaired) electrons. The molecular formula is C60H45NO. The van der Waals surface area contributed by atoms with Crippen molar-refractivity contribution in [1.29, 1.82) is 0 Å². The molecule has 9 aromatic carbocycles. The Balaban J connectivity index is 1.08. The van der Waals surface area contributed by atoms with Crippen molar-refractivity contribution >= 4 is 39.0 Å². The molecule has 62 heavy (non-hydrogen) atoms. The lowest BCUT2D eigenvalue weighted by molar-refractivity contribution is 0.353. The standard InChI is InChI=1S/C60H45NO/c1-3-19-41(20-4-1)45-23-5-6-24-47(45)48-25-7-8-26-49(48)51-28-10-13-33-57(51)61(44-35-36-56-54(40-44)50-27-9-12-32-55(50)60(56)37-15-2-16-38-60)43-22-17-21-42(39-43)46-30-18-31-53-52-29-11-14-34-58(52)62-59(46)53/h1,3-14,17-36,39-40H,2,15-16,37-38H2. The number of benzene rings is 9. The molecular weight excluding hydrogens is 751 g/mol. The number of hydrogen-bond acceptors (Lipinski definition) is 2. The second-order valence-corrected chi connectivity index (χ2v) is 17.1. The molecule has 0 amide bonds. The largest absolute Gasteiger partial charge is 0.455 e. The van der Waals surface area contributed by atoms with Crippen LogP contribution in [0.5, 0.6) is 0 Å². The maximum atomic E-state index is 6.61. The Morgan fingerprint density at radius 3 is 1.74 bits per heavy atom. The molecule has 1 aromatic heterocycles. The Hall–Kier alpha value is -7.42. The Kier molecular flexibility index (Phi) is 8.78. The first kappa shape index (κ1) is 36.4. The number of para-hydroxylation sites is 3. The van der Waals surface area contributed by atoms with Crippen LogP contribution in [-0.4, -0.2) is 0 Å². The fourth-order valence-electron chi connectivity index (χ4n) is 10.9. The van der Waals surface area contributed by atoms with Gasteiger partial charge in [0.25, 0.3) is 0 Å². The Bertz CT molecular complexity index is 3290. The van der Waals surface area contributed by atoms with Crippen molar-refractivity contribution in [3.8, 4) is 55.6 Å². The summed E-state index contributed by atoms with van der Waals surface area (Å²) < 4.78 is 6.61. The highest BCUT2D eigenvalue weighted by Crippen LogP contribution is 2.57. The smallest absolute Gasteiger partial charge is 0.143 e. The Labute approximate surface area is 363 Å². The maximum Gasteiger partial charge on any atom is 0.143 e. The van der Waals surface area contributed by atoms with E-state index in [0.717, 1.165) is 50.1 Å². The lowest BCUT2D eigenvalue weighted by Gasteiger charge is -2.36. The second-order valence-electron chi connectivity index (χ2n) is 17.1. The molecule has 0 aliphatic heterocycles. The van der Waals surface area contributed by atoms with Crippen LogP contribution in [0.15, 0.2) is 217 Å². The van der Waals surface area contributed by atoms with Crippen molar-refractivity contribution in [3.63, 3.8) is 0 Å². The molecule has 10 aromatic rings. The van der Waals surface area contributed by atoms with E-state index in [2.05, 4.69) is 211 Å². The average molecular weight is 796 g/mol. The number of nitrogens with zero attached hydrogens (tertiary/aromatic N) is 1. The van der Waals surface area contributed by atoms with Crippen LogP contribution in [0.1, 0.15) is 43.2 Å². The van der Waals surface area contributed by atoms with Crippen molar-refractivity contribution in [1.82, 2.24) is 0 Å². The summed E-state index contributed by atoms with van der Waals surface area (Å²) in [6.07, 6.45) is 6.27. The van der Waals surface area contributed by atoms with E-state index in [1.807, 2.05) is 6.07 Å². The molecule has 0 saturated heterocycles. The minimum Gasteiger partial charge on any atom is -0.455 e. The van der Waals surface area contributed by atoms with Crippen molar-refractivity contribution < 1.29 is 4.42 Å². The van der Waals surface area contributed by atoms with Crippen molar-refractivity contribution in [3.05, 3.63) is 223 Å². The first-order valence-corrected chi connectivity index (χ1v) is 22.1. The third kappa shape index (κ3) is 5.85. The van der Waals surface area contributed by atoms with Crippen molar-refractivity contribution in [2.45, 2.75) is 37.5 Å². The van der Waals surface area contributed by atoms with Gasteiger partial charge in [-0.15, -0.1) is 0 Å².